The van der Waals surface area contributed by atoms with E-state index >= 15 is 0 Å². The van der Waals surface area contributed by atoms with Gasteiger partial charge in [-0.3, -0.25) is 0 Å². The molecule has 2 aromatic rings. The number of hydrogen-bond donors (Lipinski definition) is 0. The average Bonchev–Trinajstić information content (AvgIpc) is 2.59. The van der Waals surface area contributed by atoms with Gasteiger partial charge in [-0.05, 0) is 27.2 Å². The van der Waals surface area contributed by atoms with E-state index in [1.807, 2.05) is 0 Å². The minimum Gasteiger partial charge on any atom is -0.338 e. The zero-order chi connectivity index (χ0) is 10.8. The fraction of sp³-hybridized carbons (Fsp3) is 0.111. The summed E-state index contributed by atoms with van der Waals surface area (Å²) in [4.78, 5) is 3.83. The van der Waals surface area contributed by atoms with Crippen molar-refractivity contribution in [2.24, 2.45) is 0 Å². The van der Waals surface area contributed by atoms with E-state index in [0.717, 1.165) is 6.07 Å². The number of aromatic nitrogens is 2. The Bertz CT molecular complexity index is 487. The Balaban J connectivity index is 2.28. The minimum atomic E-state index is -0.883. The van der Waals surface area contributed by atoms with Crippen molar-refractivity contribution in [1.82, 2.24) is 10.1 Å². The fourth-order valence-corrected chi connectivity index (χ4v) is 1.42. The van der Waals surface area contributed by atoms with E-state index in [2.05, 4.69) is 26.1 Å². The topological polar surface area (TPSA) is 38.9 Å². The monoisotopic (exact) mass is 274 g/mol. The van der Waals surface area contributed by atoms with Gasteiger partial charge in [0.05, 0.1) is 6.42 Å². The van der Waals surface area contributed by atoms with Crippen molar-refractivity contribution in [3.63, 3.8) is 0 Å². The van der Waals surface area contributed by atoms with Gasteiger partial charge in [-0.15, -0.1) is 0 Å². The van der Waals surface area contributed by atoms with E-state index in [0.29, 0.717) is 0 Å². The lowest BCUT2D eigenvalue weighted by atomic mass is 10.1. The second-order valence-corrected chi connectivity index (χ2v) is 3.56. The van der Waals surface area contributed by atoms with Crippen LogP contribution in [-0.4, -0.2) is 10.1 Å². The Hall–Kier alpha value is -1.30. The molecule has 15 heavy (non-hydrogen) atoms. The summed E-state index contributed by atoms with van der Waals surface area (Å²) in [6.07, 6.45) is 0.0716. The highest BCUT2D eigenvalue weighted by Gasteiger charge is 2.11. The lowest BCUT2D eigenvalue weighted by Crippen LogP contribution is -1.95. The number of benzene rings is 1. The first-order valence-electron chi connectivity index (χ1n) is 4.08. The van der Waals surface area contributed by atoms with Crippen molar-refractivity contribution in [3.8, 4) is 0 Å². The van der Waals surface area contributed by atoms with Gasteiger partial charge in [0, 0.05) is 5.56 Å². The Morgan fingerprint density at radius 2 is 2.13 bits per heavy atom. The third-order valence-corrected chi connectivity index (χ3v) is 2.14. The predicted molar refractivity (Wildman–Crippen MR) is 51.2 cm³/mol. The average molecular weight is 275 g/mol. The highest BCUT2D eigenvalue weighted by atomic mass is 79.9. The normalized spacial score (nSPS) is 10.6. The number of nitrogens with zero attached hydrogens (tertiary/aromatic N) is 2. The standard InChI is InChI=1S/C9H5BrF2N2O/c10-9-13-7(15-14-9)4-5-2-1-3-6(11)8(5)12/h1-3H,4H2. The third-order valence-electron chi connectivity index (χ3n) is 1.82. The first kappa shape index (κ1) is 10.2. The fourth-order valence-electron chi connectivity index (χ4n) is 1.15. The zero-order valence-electron chi connectivity index (χ0n) is 7.38. The Morgan fingerprint density at radius 1 is 1.33 bits per heavy atom. The molecule has 0 aliphatic heterocycles. The SMILES string of the molecule is Fc1cccc(Cc2nc(Br)no2)c1F. The summed E-state index contributed by atoms with van der Waals surface area (Å²) in [5, 5.41) is 3.48. The van der Waals surface area contributed by atoms with E-state index in [4.69, 9.17) is 4.52 Å². The van der Waals surface area contributed by atoms with E-state index in [9.17, 15) is 8.78 Å². The molecule has 0 amide bonds. The third kappa shape index (κ3) is 2.20. The van der Waals surface area contributed by atoms with Gasteiger partial charge in [0.15, 0.2) is 11.6 Å². The van der Waals surface area contributed by atoms with Crippen molar-refractivity contribution < 1.29 is 13.3 Å². The number of hydrogen-bond acceptors (Lipinski definition) is 3. The van der Waals surface area contributed by atoms with Gasteiger partial charge in [-0.2, -0.15) is 4.98 Å². The molecule has 3 nitrogen and oxygen atoms in total. The molecular weight excluding hydrogens is 270 g/mol. The van der Waals surface area contributed by atoms with Gasteiger partial charge in [0.1, 0.15) is 0 Å². The smallest absolute Gasteiger partial charge is 0.238 e. The largest absolute Gasteiger partial charge is 0.338 e. The molecule has 1 aromatic carbocycles. The summed E-state index contributed by atoms with van der Waals surface area (Å²) < 4.78 is 31.1. The van der Waals surface area contributed by atoms with Crippen LogP contribution in [-0.2, 0) is 6.42 Å². The van der Waals surface area contributed by atoms with Crippen LogP contribution in [0.3, 0.4) is 0 Å². The van der Waals surface area contributed by atoms with Crippen LogP contribution in [0.15, 0.2) is 27.5 Å². The maximum atomic E-state index is 13.2. The second kappa shape index (κ2) is 4.06. The summed E-state index contributed by atoms with van der Waals surface area (Å²) in [6, 6.07) is 3.96. The molecule has 0 bridgehead atoms. The second-order valence-electron chi connectivity index (χ2n) is 2.85. The molecule has 0 radical (unpaired) electrons. The van der Waals surface area contributed by atoms with Crippen LogP contribution in [0.5, 0.6) is 0 Å². The van der Waals surface area contributed by atoms with Crippen molar-refractivity contribution in [2.45, 2.75) is 6.42 Å². The molecule has 1 aromatic heterocycles. The molecule has 0 atom stereocenters. The minimum absolute atomic E-state index is 0.0716. The molecule has 0 saturated heterocycles. The molecule has 78 valence electrons. The Kier molecular flexibility index (Phi) is 2.77. The molecule has 0 saturated carbocycles. The zero-order valence-corrected chi connectivity index (χ0v) is 8.96. The molecule has 2 rings (SSSR count). The summed E-state index contributed by atoms with van der Waals surface area (Å²) in [6.45, 7) is 0. The van der Waals surface area contributed by atoms with E-state index < -0.39 is 11.6 Å². The Morgan fingerprint density at radius 3 is 2.80 bits per heavy atom. The van der Waals surface area contributed by atoms with Crippen molar-refractivity contribution in [3.05, 3.63) is 46.0 Å². The van der Waals surface area contributed by atoms with Crippen LogP contribution in [0.2, 0.25) is 0 Å². The number of rotatable bonds is 2. The van der Waals surface area contributed by atoms with Gasteiger partial charge >= 0.3 is 0 Å². The number of halogens is 3. The quantitative estimate of drug-likeness (QED) is 0.845. The van der Waals surface area contributed by atoms with Crippen LogP contribution >= 0.6 is 15.9 Å². The van der Waals surface area contributed by atoms with Gasteiger partial charge in [0.2, 0.25) is 10.6 Å². The molecule has 0 fully saturated rings. The first-order valence-corrected chi connectivity index (χ1v) is 4.87. The Labute approximate surface area is 92.2 Å². The summed E-state index contributed by atoms with van der Waals surface area (Å²) in [7, 11) is 0. The van der Waals surface area contributed by atoms with Crippen LogP contribution in [0.1, 0.15) is 11.5 Å². The van der Waals surface area contributed by atoms with Crippen LogP contribution in [0.4, 0.5) is 8.78 Å². The molecule has 0 aliphatic carbocycles. The molecular formula is C9H5BrF2N2O. The van der Waals surface area contributed by atoms with Crippen molar-refractivity contribution in [2.75, 3.05) is 0 Å². The summed E-state index contributed by atoms with van der Waals surface area (Å²) >= 11 is 2.99. The van der Waals surface area contributed by atoms with E-state index in [-0.39, 0.29) is 22.6 Å². The highest BCUT2D eigenvalue weighted by molar-refractivity contribution is 9.10. The maximum absolute atomic E-state index is 13.2. The summed E-state index contributed by atoms with van der Waals surface area (Å²) in [5.74, 6) is -1.54. The maximum Gasteiger partial charge on any atom is 0.238 e. The lowest BCUT2D eigenvalue weighted by molar-refractivity contribution is 0.379. The molecule has 1 heterocycles. The van der Waals surface area contributed by atoms with Crippen molar-refractivity contribution in [1.29, 1.82) is 0 Å². The van der Waals surface area contributed by atoms with E-state index in [1.54, 1.807) is 0 Å². The van der Waals surface area contributed by atoms with Gasteiger partial charge in [-0.25, -0.2) is 8.78 Å². The van der Waals surface area contributed by atoms with Gasteiger partial charge < -0.3 is 4.52 Å². The van der Waals surface area contributed by atoms with E-state index in [1.165, 1.54) is 12.1 Å². The molecule has 0 spiro atoms. The first-order chi connectivity index (χ1) is 7.16. The molecule has 0 unspecified atom stereocenters. The highest BCUT2D eigenvalue weighted by Crippen LogP contribution is 2.15. The van der Waals surface area contributed by atoms with Gasteiger partial charge in [-0.1, -0.05) is 12.1 Å². The van der Waals surface area contributed by atoms with Crippen molar-refractivity contribution >= 4 is 15.9 Å². The molecule has 0 N–H and O–H groups in total. The van der Waals surface area contributed by atoms with Crippen LogP contribution in [0.25, 0.3) is 0 Å². The summed E-state index contributed by atoms with van der Waals surface area (Å²) in [5.41, 5.74) is 0.186. The predicted octanol–water partition coefficient (Wildman–Crippen LogP) is 2.70. The molecule has 6 heteroatoms. The van der Waals surface area contributed by atoms with Crippen LogP contribution in [0, 0.1) is 11.6 Å². The molecule has 0 aliphatic rings. The van der Waals surface area contributed by atoms with Crippen LogP contribution < -0.4 is 0 Å². The lowest BCUT2D eigenvalue weighted by Gasteiger charge is -1.99. The van der Waals surface area contributed by atoms with Gasteiger partial charge in [0.25, 0.3) is 0 Å².